The fraction of sp³-hybridized carbons (Fsp3) is 1.00. The molecule has 7 nitrogen and oxygen atoms in total. The maximum atomic E-state index is 9.75. The Labute approximate surface area is 152 Å². The molecule has 0 unspecified atom stereocenters. The monoisotopic (exact) mass is 386 g/mol. The van der Waals surface area contributed by atoms with Gasteiger partial charge in [0.2, 0.25) is 0 Å². The minimum absolute atomic E-state index is 1.42. The van der Waals surface area contributed by atoms with E-state index in [1.165, 1.54) is 4.90 Å². The highest BCUT2D eigenvalue weighted by molar-refractivity contribution is 6.50. The molecule has 0 atom stereocenters. The molecule has 0 aliphatic heterocycles. The third-order valence-corrected chi connectivity index (χ3v) is 0. The molecule has 0 rings (SSSR count). The van der Waals surface area contributed by atoms with E-state index in [4.69, 9.17) is 15.1 Å². The predicted octanol–water partition coefficient (Wildman–Crippen LogP) is -1.46. The van der Waals surface area contributed by atoms with E-state index in [1.807, 2.05) is 78.1 Å². The molecule has 0 aliphatic carbocycles. The Bertz CT molecular complexity index is 161. The highest BCUT2D eigenvalue weighted by Crippen LogP contribution is 2.06. The lowest BCUT2D eigenvalue weighted by atomic mass is 10.3. The van der Waals surface area contributed by atoms with Crippen LogP contribution in [0.2, 0.25) is 0 Å². The van der Waals surface area contributed by atoms with E-state index in [2.05, 4.69) is 21.1 Å². The topological polar surface area (TPSA) is 74.9 Å². The number of hydrogen-bond donors (Lipinski definition) is 4. The summed E-state index contributed by atoms with van der Waals surface area (Å²) in [6.07, 6.45) is 0. The van der Waals surface area contributed by atoms with Crippen molar-refractivity contribution >= 4 is 14.6 Å². The van der Waals surface area contributed by atoms with Crippen LogP contribution in [0.5, 0.6) is 0 Å². The second-order valence-electron chi connectivity index (χ2n) is 6.37. The average molecular weight is 386 g/mol. The smallest absolute Gasteiger partial charge is 0.418 e. The molecule has 0 aromatic rings. The zero-order valence-electron chi connectivity index (χ0n) is 17.8. The van der Waals surface area contributed by atoms with Crippen LogP contribution in [-0.2, 0) is 0 Å². The van der Waals surface area contributed by atoms with Crippen LogP contribution in [0, 0.1) is 0 Å². The van der Waals surface area contributed by atoms with Crippen molar-refractivity contribution in [2.24, 2.45) is 0 Å². The fourth-order valence-electron chi connectivity index (χ4n) is 0. The number of rotatable bonds is 0. The molecule has 13 heteroatoms. The number of quaternary nitrogens is 1. The van der Waals surface area contributed by atoms with Gasteiger partial charge in [-0.15, -0.1) is 0 Å². The Hall–Kier alpha value is -0.430. The molecule has 0 bridgehead atoms. The lowest BCUT2D eigenvalue weighted by molar-refractivity contribution is -0.836. The van der Waals surface area contributed by atoms with Crippen LogP contribution in [0.25, 0.3) is 0 Å². The van der Waals surface area contributed by atoms with Crippen molar-refractivity contribution < 1.29 is 37.2 Å². The molecule has 0 amide bonds. The van der Waals surface area contributed by atoms with E-state index in [-0.39, 0.29) is 0 Å². The normalized spacial score (nSPS) is 9.24. The lowest BCUT2D eigenvalue weighted by Crippen LogP contribution is -3.02. The second-order valence-corrected chi connectivity index (χ2v) is 6.37. The number of halogens is 4. The van der Waals surface area contributed by atoms with E-state index in [0.29, 0.717) is 0 Å². The molecule has 0 saturated carbocycles. The second kappa shape index (κ2) is 28.4. The molecule has 160 valence electrons. The standard InChI is InChI=1S/4C3H9N.BF4.BH3O3/c4*1-4(2)3;2-1(3,4)5;2-1(3)4/h4*1-3H3;;2-4H/q;;;;-1;/p+1. The molecular weight excluding hydrogens is 346 g/mol. The van der Waals surface area contributed by atoms with Gasteiger partial charge in [-0.05, 0) is 63.4 Å². The third-order valence-electron chi connectivity index (χ3n) is 0. The summed E-state index contributed by atoms with van der Waals surface area (Å²) >= 11 is 0. The largest absolute Gasteiger partial charge is 0.673 e. The van der Waals surface area contributed by atoms with Gasteiger partial charge in [0.1, 0.15) is 0 Å². The van der Waals surface area contributed by atoms with Gasteiger partial charge in [0, 0.05) is 0 Å². The summed E-state index contributed by atoms with van der Waals surface area (Å²) in [7, 11) is 16.1. The van der Waals surface area contributed by atoms with Gasteiger partial charge in [0.15, 0.2) is 0 Å². The average Bonchev–Trinajstić information content (AvgIpc) is 2.06. The molecule has 0 aliphatic rings. The SMILES string of the molecule is CN(C)C.CN(C)C.CN(C)C.C[NH+](C)C.F[B-](F)(F)F.OB(O)O. The molecule has 0 aromatic heterocycles. The predicted molar refractivity (Wildman–Crippen MR) is 100 cm³/mol. The summed E-state index contributed by atoms with van der Waals surface area (Å²) in [6.45, 7) is 0. The first-order valence-corrected chi connectivity index (χ1v) is 7.17. The van der Waals surface area contributed by atoms with E-state index in [0.717, 1.165) is 0 Å². The maximum absolute atomic E-state index is 9.75. The minimum atomic E-state index is -6.00. The summed E-state index contributed by atoms with van der Waals surface area (Å²) in [4.78, 5) is 7.42. The highest BCUT2D eigenvalue weighted by atomic mass is 19.5. The van der Waals surface area contributed by atoms with Crippen molar-refractivity contribution in [3.8, 4) is 0 Å². The Morgan fingerprint density at radius 2 is 0.600 bits per heavy atom. The van der Waals surface area contributed by atoms with Crippen LogP contribution in [0.3, 0.4) is 0 Å². The van der Waals surface area contributed by atoms with Crippen molar-refractivity contribution in [1.82, 2.24) is 14.7 Å². The summed E-state index contributed by atoms with van der Waals surface area (Å²) in [6, 6.07) is 0. The Balaban J connectivity index is -0.0000000434. The van der Waals surface area contributed by atoms with Gasteiger partial charge in [0.05, 0.1) is 21.1 Å². The zero-order chi connectivity index (χ0) is 22.4. The molecular formula is C12H40B2F4N4O3. The lowest BCUT2D eigenvalue weighted by Gasteiger charge is -1.94. The van der Waals surface area contributed by atoms with Gasteiger partial charge < -0.3 is 51.9 Å². The molecule has 0 heterocycles. The van der Waals surface area contributed by atoms with E-state index in [9.17, 15) is 17.3 Å². The molecule has 25 heavy (non-hydrogen) atoms. The van der Waals surface area contributed by atoms with Crippen LogP contribution in [0.1, 0.15) is 0 Å². The highest BCUT2D eigenvalue weighted by Gasteiger charge is 2.20. The Morgan fingerprint density at radius 3 is 0.600 bits per heavy atom. The van der Waals surface area contributed by atoms with Crippen LogP contribution < -0.4 is 4.90 Å². The molecule has 0 fully saturated rings. The Morgan fingerprint density at radius 1 is 0.600 bits per heavy atom. The van der Waals surface area contributed by atoms with Crippen LogP contribution in [-0.4, -0.2) is 129 Å². The van der Waals surface area contributed by atoms with Gasteiger partial charge in [-0.1, -0.05) is 0 Å². The van der Waals surface area contributed by atoms with Crippen LogP contribution in [0.15, 0.2) is 0 Å². The van der Waals surface area contributed by atoms with Crippen molar-refractivity contribution in [1.29, 1.82) is 0 Å². The molecule has 0 aromatic carbocycles. The minimum Gasteiger partial charge on any atom is -0.418 e. The van der Waals surface area contributed by atoms with Crippen molar-refractivity contribution in [2.45, 2.75) is 0 Å². The first kappa shape index (κ1) is 39.6. The van der Waals surface area contributed by atoms with E-state index >= 15 is 0 Å². The number of hydrogen-bond acceptors (Lipinski definition) is 6. The van der Waals surface area contributed by atoms with Gasteiger partial charge in [-0.25, -0.2) is 0 Å². The number of nitrogens with one attached hydrogen (secondary N) is 1. The Kier molecular flexibility index (Phi) is 44.9. The first-order valence-electron chi connectivity index (χ1n) is 7.17. The summed E-state index contributed by atoms with van der Waals surface area (Å²) in [5.41, 5.74) is 0. The molecule has 0 radical (unpaired) electrons. The first-order chi connectivity index (χ1) is 10.7. The quantitative estimate of drug-likeness (QED) is 0.302. The molecule has 4 N–H and O–H groups in total. The van der Waals surface area contributed by atoms with Gasteiger partial charge >= 0.3 is 14.6 Å². The summed E-state index contributed by atoms with van der Waals surface area (Å²) in [5.74, 6) is 0. The van der Waals surface area contributed by atoms with Crippen LogP contribution in [0.4, 0.5) is 17.3 Å². The van der Waals surface area contributed by atoms with E-state index < -0.39 is 14.6 Å². The maximum Gasteiger partial charge on any atom is 0.673 e. The fourth-order valence-corrected chi connectivity index (χ4v) is 0. The summed E-state index contributed by atoms with van der Waals surface area (Å²) in [5, 5.41) is 21.5. The number of nitrogens with zero attached hydrogens (tertiary/aromatic N) is 3. The zero-order valence-corrected chi connectivity index (χ0v) is 17.8. The van der Waals surface area contributed by atoms with E-state index in [1.54, 1.807) is 0 Å². The third kappa shape index (κ3) is 59300. The van der Waals surface area contributed by atoms with Crippen LogP contribution >= 0.6 is 0 Å². The van der Waals surface area contributed by atoms with Gasteiger partial charge in [-0.2, -0.15) is 0 Å². The van der Waals surface area contributed by atoms with Crippen molar-refractivity contribution in [3.63, 3.8) is 0 Å². The van der Waals surface area contributed by atoms with Gasteiger partial charge in [0.25, 0.3) is 0 Å². The van der Waals surface area contributed by atoms with Gasteiger partial charge in [-0.3, -0.25) is 0 Å². The van der Waals surface area contributed by atoms with Crippen molar-refractivity contribution in [3.05, 3.63) is 0 Å². The molecule has 0 saturated heterocycles. The summed E-state index contributed by atoms with van der Waals surface area (Å²) < 4.78 is 39.0. The molecule has 0 spiro atoms. The van der Waals surface area contributed by atoms with Crippen molar-refractivity contribution in [2.75, 3.05) is 84.6 Å².